The van der Waals surface area contributed by atoms with Gasteiger partial charge >= 0.3 is 0 Å². The van der Waals surface area contributed by atoms with Crippen LogP contribution >= 0.6 is 7.37 Å². The highest BCUT2D eigenvalue weighted by Gasteiger charge is 2.38. The molecule has 0 aromatic rings. The molecule has 1 aliphatic rings. The van der Waals surface area contributed by atoms with Crippen molar-refractivity contribution in [2.45, 2.75) is 77.4 Å². The lowest BCUT2D eigenvalue weighted by Gasteiger charge is -2.34. The van der Waals surface area contributed by atoms with Gasteiger partial charge < -0.3 is 9.11 Å². The second-order valence-corrected chi connectivity index (χ2v) is 20.9. The van der Waals surface area contributed by atoms with Gasteiger partial charge in [-0.25, -0.2) is 0 Å². The van der Waals surface area contributed by atoms with E-state index < -0.39 is 23.8 Å². The average molecular weight is 378 g/mol. The van der Waals surface area contributed by atoms with Gasteiger partial charge in [-0.2, -0.15) is 0 Å². The predicted molar refractivity (Wildman–Crippen MR) is 105 cm³/mol. The fourth-order valence-corrected chi connectivity index (χ4v) is 14.8. The summed E-state index contributed by atoms with van der Waals surface area (Å²) in [5, 5.41) is 0. The molecule has 1 atom stereocenters. The SMILES string of the molecule is CC[Si](CC)(CC)CCP(=O)(CN1CCCC1=O)O[Si](C)(C)C. The van der Waals surface area contributed by atoms with Crippen LogP contribution in [-0.4, -0.2) is 46.2 Å². The van der Waals surface area contributed by atoms with Gasteiger partial charge in [0.15, 0.2) is 8.32 Å². The fourth-order valence-electron chi connectivity index (χ4n) is 3.45. The molecule has 0 spiro atoms. The van der Waals surface area contributed by atoms with Crippen LogP contribution in [0.15, 0.2) is 0 Å². The maximum absolute atomic E-state index is 13.6. The van der Waals surface area contributed by atoms with Crippen LogP contribution < -0.4 is 0 Å². The van der Waals surface area contributed by atoms with Gasteiger partial charge in [-0.05, 0) is 32.1 Å². The lowest BCUT2D eigenvalue weighted by atomic mass is 10.4. The van der Waals surface area contributed by atoms with E-state index in [1.165, 1.54) is 18.1 Å². The minimum atomic E-state index is -2.76. The van der Waals surface area contributed by atoms with Crippen molar-refractivity contribution in [2.24, 2.45) is 0 Å². The Labute approximate surface area is 145 Å². The zero-order chi connectivity index (χ0) is 17.7. The molecule has 1 unspecified atom stereocenters. The lowest BCUT2D eigenvalue weighted by molar-refractivity contribution is -0.127. The van der Waals surface area contributed by atoms with Gasteiger partial charge in [-0.3, -0.25) is 9.36 Å². The Balaban J connectivity index is 2.87. The summed E-state index contributed by atoms with van der Waals surface area (Å²) < 4.78 is 19.8. The minimum absolute atomic E-state index is 0.148. The molecule has 0 saturated carbocycles. The van der Waals surface area contributed by atoms with E-state index in [-0.39, 0.29) is 5.91 Å². The van der Waals surface area contributed by atoms with Gasteiger partial charge in [0.2, 0.25) is 13.3 Å². The van der Waals surface area contributed by atoms with Crippen molar-refractivity contribution in [3.05, 3.63) is 0 Å². The molecular formula is C16H36NO3PSi2. The van der Waals surface area contributed by atoms with Crippen LogP contribution in [0.4, 0.5) is 0 Å². The first-order chi connectivity index (χ1) is 10.6. The highest BCUT2D eigenvalue weighted by molar-refractivity contribution is 7.60. The molecule has 7 heteroatoms. The molecule has 1 heterocycles. The number of carbonyl (C=O) groups excluding carboxylic acids is 1. The van der Waals surface area contributed by atoms with Crippen LogP contribution in [0.2, 0.25) is 43.8 Å². The number of carbonyl (C=O) groups is 1. The lowest BCUT2D eigenvalue weighted by Crippen LogP contribution is -2.35. The Hall–Kier alpha value is 0.0938. The van der Waals surface area contributed by atoms with E-state index >= 15 is 0 Å². The summed E-state index contributed by atoms with van der Waals surface area (Å²) in [5.74, 6) is 0.148. The Morgan fingerprint density at radius 1 is 1.13 bits per heavy atom. The number of likely N-dealkylation sites (tertiary alicyclic amines) is 1. The normalized spacial score (nSPS) is 19.2. The second-order valence-electron chi connectivity index (χ2n) is 7.95. The Bertz CT molecular complexity index is 439. The maximum atomic E-state index is 13.6. The average Bonchev–Trinajstić information content (AvgIpc) is 2.84. The van der Waals surface area contributed by atoms with E-state index in [2.05, 4.69) is 40.4 Å². The van der Waals surface area contributed by atoms with Crippen LogP contribution in [0.3, 0.4) is 0 Å². The predicted octanol–water partition coefficient (Wildman–Crippen LogP) is 5.20. The zero-order valence-corrected chi connectivity index (χ0v) is 18.9. The molecule has 136 valence electrons. The molecular weight excluding hydrogens is 341 g/mol. The van der Waals surface area contributed by atoms with Crippen LogP contribution in [0, 0.1) is 0 Å². The summed E-state index contributed by atoms with van der Waals surface area (Å²) in [6, 6.07) is 4.81. The van der Waals surface area contributed by atoms with E-state index in [0.717, 1.165) is 19.0 Å². The molecule has 0 radical (unpaired) electrons. The number of nitrogens with zero attached hydrogens (tertiary/aromatic N) is 1. The summed E-state index contributed by atoms with van der Waals surface area (Å²) >= 11 is 0. The number of hydrogen-bond donors (Lipinski definition) is 0. The third kappa shape index (κ3) is 6.48. The van der Waals surface area contributed by atoms with Crippen molar-refractivity contribution in [3.63, 3.8) is 0 Å². The zero-order valence-electron chi connectivity index (χ0n) is 16.0. The van der Waals surface area contributed by atoms with E-state index in [1.54, 1.807) is 4.90 Å². The van der Waals surface area contributed by atoms with E-state index in [0.29, 0.717) is 18.9 Å². The van der Waals surface area contributed by atoms with Crippen LogP contribution in [0.5, 0.6) is 0 Å². The summed E-state index contributed by atoms with van der Waals surface area (Å²) in [6.45, 7) is 13.9. The van der Waals surface area contributed by atoms with Gasteiger partial charge in [-0.15, -0.1) is 0 Å². The van der Waals surface area contributed by atoms with Crippen molar-refractivity contribution < 1.29 is 13.6 Å². The van der Waals surface area contributed by atoms with Crippen molar-refractivity contribution in [2.75, 3.05) is 19.0 Å². The second kappa shape index (κ2) is 8.46. The summed E-state index contributed by atoms with van der Waals surface area (Å²) in [4.78, 5) is 13.7. The molecule has 23 heavy (non-hydrogen) atoms. The number of hydrogen-bond acceptors (Lipinski definition) is 3. The fraction of sp³-hybridized carbons (Fsp3) is 0.938. The molecule has 1 rings (SSSR count). The van der Waals surface area contributed by atoms with Crippen molar-refractivity contribution in [1.82, 2.24) is 4.90 Å². The van der Waals surface area contributed by atoms with Crippen LogP contribution in [0.25, 0.3) is 0 Å². The van der Waals surface area contributed by atoms with Gasteiger partial charge in [0.1, 0.15) is 0 Å². The van der Waals surface area contributed by atoms with Gasteiger partial charge in [0.05, 0.1) is 14.4 Å². The molecule has 1 amide bonds. The van der Waals surface area contributed by atoms with E-state index in [1.807, 2.05) is 0 Å². The van der Waals surface area contributed by atoms with Crippen LogP contribution in [-0.2, 0) is 13.6 Å². The first kappa shape index (κ1) is 21.1. The Kier molecular flexibility index (Phi) is 7.77. The van der Waals surface area contributed by atoms with Gasteiger partial charge in [0, 0.05) is 19.1 Å². The van der Waals surface area contributed by atoms with Crippen LogP contribution in [0.1, 0.15) is 33.6 Å². The molecule has 0 aliphatic carbocycles. The Morgan fingerprint density at radius 2 is 1.70 bits per heavy atom. The Morgan fingerprint density at radius 3 is 2.09 bits per heavy atom. The van der Waals surface area contributed by atoms with Crippen molar-refractivity contribution in [1.29, 1.82) is 0 Å². The first-order valence-electron chi connectivity index (χ1n) is 9.15. The quantitative estimate of drug-likeness (QED) is 0.388. The summed E-state index contributed by atoms with van der Waals surface area (Å²) in [7, 11) is -5.98. The van der Waals surface area contributed by atoms with Gasteiger partial charge in [-0.1, -0.05) is 38.9 Å². The highest BCUT2D eigenvalue weighted by atomic mass is 31.2. The largest absolute Gasteiger partial charge is 0.369 e. The topological polar surface area (TPSA) is 46.6 Å². The van der Waals surface area contributed by atoms with Crippen molar-refractivity contribution in [3.8, 4) is 0 Å². The first-order valence-corrected chi connectivity index (χ1v) is 17.4. The molecule has 0 bridgehead atoms. The third-order valence-corrected chi connectivity index (χ3v) is 16.7. The molecule has 0 aromatic heterocycles. The number of amides is 1. The minimum Gasteiger partial charge on any atom is -0.369 e. The molecule has 4 nitrogen and oxygen atoms in total. The summed E-state index contributed by atoms with van der Waals surface area (Å²) in [5.41, 5.74) is 0. The standard InChI is InChI=1S/C16H36NO3PSi2/c1-7-23(8-2,9-3)14-13-21(19,20-22(4,5)6)15-17-12-10-11-16(17)18/h7-15H2,1-6H3. The molecule has 0 aromatic carbocycles. The third-order valence-electron chi connectivity index (χ3n) is 5.23. The monoisotopic (exact) mass is 377 g/mol. The molecule has 1 aliphatic heterocycles. The smallest absolute Gasteiger partial charge is 0.223 e. The van der Waals surface area contributed by atoms with E-state index in [9.17, 15) is 9.36 Å². The maximum Gasteiger partial charge on any atom is 0.223 e. The summed E-state index contributed by atoms with van der Waals surface area (Å²) in [6.07, 6.45) is 2.51. The molecule has 0 N–H and O–H groups in total. The highest BCUT2D eigenvalue weighted by Crippen LogP contribution is 2.52. The molecule has 1 fully saturated rings. The van der Waals surface area contributed by atoms with E-state index in [4.69, 9.17) is 4.21 Å². The van der Waals surface area contributed by atoms with Crippen molar-refractivity contribution >= 4 is 29.7 Å². The van der Waals surface area contributed by atoms with Gasteiger partial charge in [0.25, 0.3) is 0 Å². The number of rotatable bonds is 10. The molecule has 1 saturated heterocycles.